The molecule has 1 saturated carbocycles. The highest BCUT2D eigenvalue weighted by Gasteiger charge is 2.34. The summed E-state index contributed by atoms with van der Waals surface area (Å²) in [6.07, 6.45) is 34.0. The maximum absolute atomic E-state index is 2.62. The first-order valence-electron chi connectivity index (χ1n) is 20.6. The molecular formula is C50H66. The molecule has 0 heteroatoms. The lowest BCUT2D eigenvalue weighted by molar-refractivity contribution is 0.189. The molecule has 4 aliphatic rings. The predicted octanol–water partition coefficient (Wildman–Crippen LogP) is 13.0. The van der Waals surface area contributed by atoms with Gasteiger partial charge in [0.25, 0.3) is 0 Å². The number of hydrogen-bond acceptors (Lipinski definition) is 0. The standard InChI is InChI=1S/C50H66/c1-8-37-31-43(32-44-33-45-34-50(7,35(4)5)30-29-41(45)26-27-48(37)44)46(9-2)47(10-3)49(28-25-38-18-15-14-17-36(38)6)42-22-16-21-40(23-24-42)39-19-12-11-13-20-39/h9,11-13,16,19-20,22-24,27,31-33,35-36,38,47,49H,8,10,14-15,17-18,21,25-26,28-30,34H2,1-7H3/t36?,38-,47+,49+,50?/m0/s1. The van der Waals surface area contributed by atoms with Crippen LogP contribution in [-0.4, -0.2) is 0 Å². The van der Waals surface area contributed by atoms with Crippen LogP contribution in [0.2, 0.25) is 0 Å². The van der Waals surface area contributed by atoms with Crippen molar-refractivity contribution in [1.29, 1.82) is 0 Å². The first-order valence-corrected chi connectivity index (χ1v) is 20.6. The Labute approximate surface area is 306 Å². The van der Waals surface area contributed by atoms with Gasteiger partial charge in [0.05, 0.1) is 0 Å². The van der Waals surface area contributed by atoms with Crippen molar-refractivity contribution in [2.24, 2.45) is 35.0 Å². The lowest BCUT2D eigenvalue weighted by atomic mass is 9.66. The normalized spacial score (nSPS) is 25.3. The van der Waals surface area contributed by atoms with Gasteiger partial charge in [-0.15, -0.1) is 0 Å². The van der Waals surface area contributed by atoms with E-state index in [4.69, 9.17) is 0 Å². The third kappa shape index (κ3) is 8.01. The summed E-state index contributed by atoms with van der Waals surface area (Å²) < 4.78 is 0. The van der Waals surface area contributed by atoms with E-state index in [0.717, 1.165) is 37.5 Å². The van der Waals surface area contributed by atoms with E-state index < -0.39 is 0 Å². The molecule has 0 N–H and O–H groups in total. The fourth-order valence-corrected chi connectivity index (χ4v) is 9.99. The van der Waals surface area contributed by atoms with Gasteiger partial charge >= 0.3 is 0 Å². The highest BCUT2D eigenvalue weighted by molar-refractivity contribution is 5.72. The van der Waals surface area contributed by atoms with Crippen LogP contribution in [0.5, 0.6) is 0 Å². The average Bonchev–Trinajstić information content (AvgIpc) is 3.48. The van der Waals surface area contributed by atoms with Crippen molar-refractivity contribution >= 4 is 23.3 Å². The van der Waals surface area contributed by atoms with Gasteiger partial charge in [-0.1, -0.05) is 152 Å². The lowest BCUT2D eigenvalue weighted by Gasteiger charge is -2.39. The molecule has 0 heterocycles. The fraction of sp³-hybridized carbons (Fsp3) is 0.520. The van der Waals surface area contributed by atoms with Crippen molar-refractivity contribution in [3.8, 4) is 0 Å². The molecule has 2 aromatic carbocycles. The minimum atomic E-state index is 0.393. The molecule has 266 valence electrons. The van der Waals surface area contributed by atoms with E-state index in [0.29, 0.717) is 23.2 Å². The maximum Gasteiger partial charge on any atom is -0.00883 e. The van der Waals surface area contributed by atoms with Crippen LogP contribution in [0.1, 0.15) is 142 Å². The first kappa shape index (κ1) is 36.7. The highest BCUT2D eigenvalue weighted by atomic mass is 14.4. The Bertz CT molecular complexity index is 1770. The second kappa shape index (κ2) is 16.5. The van der Waals surface area contributed by atoms with E-state index in [2.05, 4.69) is 133 Å². The summed E-state index contributed by atoms with van der Waals surface area (Å²) >= 11 is 0. The van der Waals surface area contributed by atoms with E-state index in [9.17, 15) is 0 Å². The molecule has 0 amide bonds. The third-order valence-corrected chi connectivity index (χ3v) is 13.8. The number of aryl methyl sites for hydroxylation is 1. The summed E-state index contributed by atoms with van der Waals surface area (Å²) in [5.74, 6) is 3.40. The zero-order valence-electron chi connectivity index (χ0n) is 32.7. The van der Waals surface area contributed by atoms with E-state index in [-0.39, 0.29) is 0 Å². The van der Waals surface area contributed by atoms with Gasteiger partial charge < -0.3 is 0 Å². The van der Waals surface area contributed by atoms with Crippen molar-refractivity contribution in [2.45, 2.75) is 132 Å². The Morgan fingerprint density at radius 3 is 2.52 bits per heavy atom. The molecule has 6 rings (SSSR count). The van der Waals surface area contributed by atoms with Gasteiger partial charge in [0, 0.05) is 0 Å². The van der Waals surface area contributed by atoms with Gasteiger partial charge in [0.15, 0.2) is 0 Å². The monoisotopic (exact) mass is 667 g/mol. The predicted molar refractivity (Wildman–Crippen MR) is 220 cm³/mol. The molecule has 4 aliphatic carbocycles. The number of rotatable bonds is 11. The number of benzene rings is 2. The molecule has 0 spiro atoms. The Balaban J connectivity index is 1.40. The summed E-state index contributed by atoms with van der Waals surface area (Å²) in [4.78, 5) is 0. The first-order chi connectivity index (χ1) is 24.2. The minimum absolute atomic E-state index is 0.393. The van der Waals surface area contributed by atoms with Gasteiger partial charge in [-0.3, -0.25) is 0 Å². The zero-order chi connectivity index (χ0) is 35.3. The maximum atomic E-state index is 2.62. The van der Waals surface area contributed by atoms with E-state index in [1.54, 1.807) is 16.7 Å². The molecule has 2 aromatic rings. The van der Waals surface area contributed by atoms with Gasteiger partial charge in [-0.2, -0.15) is 0 Å². The molecule has 1 fully saturated rings. The molecule has 2 unspecified atom stereocenters. The third-order valence-electron chi connectivity index (χ3n) is 13.8. The fourth-order valence-electron chi connectivity index (χ4n) is 9.99. The van der Waals surface area contributed by atoms with Gasteiger partial charge in [-0.25, -0.2) is 0 Å². The zero-order valence-corrected chi connectivity index (χ0v) is 32.7. The van der Waals surface area contributed by atoms with Crippen LogP contribution < -0.4 is 10.4 Å². The largest absolute Gasteiger partial charge is 0.0835 e. The second-order valence-corrected chi connectivity index (χ2v) is 17.0. The van der Waals surface area contributed by atoms with Crippen molar-refractivity contribution in [2.75, 3.05) is 0 Å². The Hall–Kier alpha value is -3.12. The van der Waals surface area contributed by atoms with E-state index in [1.165, 1.54) is 96.1 Å². The van der Waals surface area contributed by atoms with Crippen LogP contribution in [0, 0.1) is 35.0 Å². The van der Waals surface area contributed by atoms with Crippen LogP contribution in [0.3, 0.4) is 0 Å². The molecule has 0 nitrogen and oxygen atoms in total. The summed E-state index contributed by atoms with van der Waals surface area (Å²) in [5, 5.41) is 2.96. The quantitative estimate of drug-likeness (QED) is 0.224. The second-order valence-electron chi connectivity index (χ2n) is 17.0. The van der Waals surface area contributed by atoms with Crippen LogP contribution >= 0.6 is 0 Å². The van der Waals surface area contributed by atoms with E-state index >= 15 is 0 Å². The summed E-state index contributed by atoms with van der Waals surface area (Å²) in [6.45, 7) is 17.0. The Morgan fingerprint density at radius 1 is 1.00 bits per heavy atom. The number of allylic oxidation sites excluding steroid dienone is 10. The van der Waals surface area contributed by atoms with Gasteiger partial charge in [0.1, 0.15) is 0 Å². The van der Waals surface area contributed by atoms with Crippen molar-refractivity contribution in [3.05, 3.63) is 117 Å². The van der Waals surface area contributed by atoms with Crippen LogP contribution in [0.25, 0.3) is 23.3 Å². The van der Waals surface area contributed by atoms with Crippen LogP contribution in [0.4, 0.5) is 0 Å². The molecular weight excluding hydrogens is 601 g/mol. The molecule has 0 aromatic heterocycles. The van der Waals surface area contributed by atoms with Gasteiger partial charge in [0.2, 0.25) is 0 Å². The summed E-state index contributed by atoms with van der Waals surface area (Å²) in [5.41, 5.74) is 12.5. The van der Waals surface area contributed by atoms with Gasteiger partial charge in [-0.05, 0) is 155 Å². The molecule has 0 bridgehead atoms. The summed E-state index contributed by atoms with van der Waals surface area (Å²) in [7, 11) is 0. The van der Waals surface area contributed by atoms with Crippen molar-refractivity contribution in [3.63, 3.8) is 0 Å². The van der Waals surface area contributed by atoms with Crippen LogP contribution in [0.15, 0.2) is 89.6 Å². The van der Waals surface area contributed by atoms with Crippen molar-refractivity contribution < 1.29 is 0 Å². The Morgan fingerprint density at radius 2 is 1.80 bits per heavy atom. The smallest absolute Gasteiger partial charge is 0.00883 e. The van der Waals surface area contributed by atoms with E-state index in [1.807, 2.05) is 0 Å². The molecule has 5 atom stereocenters. The minimum Gasteiger partial charge on any atom is -0.0835 e. The molecule has 0 radical (unpaired) electrons. The lowest BCUT2D eigenvalue weighted by Crippen LogP contribution is -2.30. The van der Waals surface area contributed by atoms with Crippen LogP contribution in [-0.2, 0) is 6.42 Å². The Kier molecular flexibility index (Phi) is 12.1. The SMILES string of the molecule is CC=C(c1cc(CC)c2c(c1)=CC1=C(CC=2)CCC(C)(C(C)C)C1)[C@@H](CC)[C@H](CC[C@@H]1CCCCC1C)C1=CC=C(c2ccccc2)CC=C1. The molecule has 0 aliphatic heterocycles. The average molecular weight is 667 g/mol. The van der Waals surface area contributed by atoms with Crippen molar-refractivity contribution in [1.82, 2.24) is 0 Å². The summed E-state index contributed by atoms with van der Waals surface area (Å²) in [6, 6.07) is 16.2. The topological polar surface area (TPSA) is 0 Å². The number of hydrogen-bond donors (Lipinski definition) is 0. The highest BCUT2D eigenvalue weighted by Crippen LogP contribution is 2.46. The molecule has 0 saturated heterocycles. The molecule has 50 heavy (non-hydrogen) atoms. The number of fused-ring (bicyclic) bond motifs is 1.